The lowest BCUT2D eigenvalue weighted by Gasteiger charge is -2.41. The normalized spacial score (nSPS) is 23.7. The number of ether oxygens (including phenoxy) is 1. The Bertz CT molecular complexity index is 249. The number of nitrogens with one attached hydrogen (secondary N) is 1. The summed E-state index contributed by atoms with van der Waals surface area (Å²) in [7, 11) is 0. The largest absolute Gasteiger partial charge is 0.395 e. The topological polar surface area (TPSA) is 44.7 Å². The van der Waals surface area contributed by atoms with Crippen LogP contribution in [0.3, 0.4) is 0 Å². The Balaban J connectivity index is 2.59. The average Bonchev–Trinajstić information content (AvgIpc) is 2.39. The molecule has 1 aliphatic heterocycles. The quantitative estimate of drug-likeness (QED) is 0.597. The molecule has 0 aromatic heterocycles. The van der Waals surface area contributed by atoms with Gasteiger partial charge in [0.15, 0.2) is 0 Å². The van der Waals surface area contributed by atoms with Crippen LogP contribution in [0.4, 0.5) is 8.78 Å². The molecule has 4 nitrogen and oxygen atoms in total. The highest BCUT2D eigenvalue weighted by molar-refractivity contribution is 4.87. The van der Waals surface area contributed by atoms with E-state index in [1.807, 2.05) is 0 Å². The van der Waals surface area contributed by atoms with E-state index < -0.39 is 6.43 Å². The van der Waals surface area contributed by atoms with Gasteiger partial charge in [0.1, 0.15) is 0 Å². The van der Waals surface area contributed by atoms with Crippen molar-refractivity contribution in [3.63, 3.8) is 0 Å². The predicted molar refractivity (Wildman–Crippen MR) is 75.2 cm³/mol. The van der Waals surface area contributed by atoms with Crippen LogP contribution >= 0.6 is 0 Å². The number of hydrogen-bond acceptors (Lipinski definition) is 4. The standard InChI is InChI=1S/C14H28F2N2O2/c1-2-5-17-10-14(4-3-8-20-12-14)11-18(6-7-19)9-13(15)16/h13,17,19H,2-12H2,1H3. The van der Waals surface area contributed by atoms with E-state index in [0.29, 0.717) is 19.7 Å². The molecule has 0 amide bonds. The summed E-state index contributed by atoms with van der Waals surface area (Å²) in [6.45, 7) is 5.64. The molecule has 1 unspecified atom stereocenters. The maximum absolute atomic E-state index is 12.6. The van der Waals surface area contributed by atoms with Gasteiger partial charge in [-0.2, -0.15) is 0 Å². The number of aliphatic hydroxyl groups excluding tert-OH is 1. The summed E-state index contributed by atoms with van der Waals surface area (Å²) in [5, 5.41) is 12.4. The lowest BCUT2D eigenvalue weighted by Crippen LogP contribution is -2.50. The lowest BCUT2D eigenvalue weighted by molar-refractivity contribution is -0.0365. The minimum absolute atomic E-state index is 0.0912. The molecule has 6 heteroatoms. The highest BCUT2D eigenvalue weighted by atomic mass is 19.3. The van der Waals surface area contributed by atoms with E-state index in [1.165, 1.54) is 0 Å². The van der Waals surface area contributed by atoms with Gasteiger partial charge in [-0.05, 0) is 25.8 Å². The highest BCUT2D eigenvalue weighted by Crippen LogP contribution is 2.29. The van der Waals surface area contributed by atoms with Crippen LogP contribution < -0.4 is 5.32 Å². The summed E-state index contributed by atoms with van der Waals surface area (Å²) in [4.78, 5) is 1.66. The van der Waals surface area contributed by atoms with Gasteiger partial charge in [-0.15, -0.1) is 0 Å². The Morgan fingerprint density at radius 2 is 2.25 bits per heavy atom. The third-order valence-corrected chi connectivity index (χ3v) is 3.70. The summed E-state index contributed by atoms with van der Waals surface area (Å²) in [6.07, 6.45) is 0.630. The van der Waals surface area contributed by atoms with E-state index in [2.05, 4.69) is 12.2 Å². The average molecular weight is 294 g/mol. The van der Waals surface area contributed by atoms with Crippen molar-refractivity contribution < 1.29 is 18.6 Å². The number of alkyl halides is 2. The fourth-order valence-electron chi connectivity index (χ4n) is 2.81. The van der Waals surface area contributed by atoms with Crippen molar-refractivity contribution >= 4 is 0 Å². The van der Waals surface area contributed by atoms with Crippen LogP contribution in [-0.2, 0) is 4.74 Å². The van der Waals surface area contributed by atoms with Crippen LogP contribution in [0.1, 0.15) is 26.2 Å². The van der Waals surface area contributed by atoms with Gasteiger partial charge in [0, 0.05) is 31.7 Å². The molecule has 0 radical (unpaired) electrons. The Hall–Kier alpha value is -0.300. The molecule has 0 saturated carbocycles. The van der Waals surface area contributed by atoms with Gasteiger partial charge in [0.25, 0.3) is 6.43 Å². The molecule has 2 N–H and O–H groups in total. The van der Waals surface area contributed by atoms with E-state index in [4.69, 9.17) is 9.84 Å². The number of halogens is 2. The Morgan fingerprint density at radius 3 is 2.80 bits per heavy atom. The maximum Gasteiger partial charge on any atom is 0.251 e. The van der Waals surface area contributed by atoms with Crippen molar-refractivity contribution in [2.45, 2.75) is 32.6 Å². The minimum Gasteiger partial charge on any atom is -0.395 e. The maximum atomic E-state index is 12.6. The molecule has 0 bridgehead atoms. The van der Waals surface area contributed by atoms with Crippen molar-refractivity contribution in [2.75, 3.05) is 52.5 Å². The third kappa shape index (κ3) is 6.43. The molecule has 0 spiro atoms. The van der Waals surface area contributed by atoms with Gasteiger partial charge in [0.05, 0.1) is 19.8 Å². The van der Waals surface area contributed by atoms with Crippen LogP contribution in [0.25, 0.3) is 0 Å². The van der Waals surface area contributed by atoms with Gasteiger partial charge in [-0.25, -0.2) is 8.78 Å². The first-order chi connectivity index (χ1) is 9.62. The molecule has 0 aromatic carbocycles. The highest BCUT2D eigenvalue weighted by Gasteiger charge is 2.35. The summed E-state index contributed by atoms with van der Waals surface area (Å²) in [5.74, 6) is 0. The molecule has 1 heterocycles. The van der Waals surface area contributed by atoms with E-state index >= 15 is 0 Å². The van der Waals surface area contributed by atoms with Crippen molar-refractivity contribution in [3.05, 3.63) is 0 Å². The SMILES string of the molecule is CCCNCC1(CN(CCO)CC(F)F)CCCOC1. The van der Waals surface area contributed by atoms with Crippen LogP contribution in [0.2, 0.25) is 0 Å². The van der Waals surface area contributed by atoms with Crippen LogP contribution in [0.5, 0.6) is 0 Å². The zero-order valence-corrected chi connectivity index (χ0v) is 12.4. The second-order valence-electron chi connectivity index (χ2n) is 5.68. The van der Waals surface area contributed by atoms with Crippen molar-refractivity contribution in [2.24, 2.45) is 5.41 Å². The van der Waals surface area contributed by atoms with Gasteiger partial charge >= 0.3 is 0 Å². The summed E-state index contributed by atoms with van der Waals surface area (Å²) < 4.78 is 30.8. The Kier molecular flexibility index (Phi) is 8.52. The number of nitrogens with zero attached hydrogens (tertiary/aromatic N) is 1. The molecule has 1 atom stereocenters. The van der Waals surface area contributed by atoms with E-state index in [9.17, 15) is 8.78 Å². The van der Waals surface area contributed by atoms with Crippen molar-refractivity contribution in [1.29, 1.82) is 0 Å². The molecule has 1 saturated heterocycles. The first-order valence-electron chi connectivity index (χ1n) is 7.52. The Labute approximate surface area is 120 Å². The summed E-state index contributed by atoms with van der Waals surface area (Å²) in [5.41, 5.74) is -0.114. The van der Waals surface area contributed by atoms with Crippen molar-refractivity contribution in [1.82, 2.24) is 10.2 Å². The zero-order valence-electron chi connectivity index (χ0n) is 12.4. The fourth-order valence-corrected chi connectivity index (χ4v) is 2.81. The molecule has 0 aliphatic carbocycles. The summed E-state index contributed by atoms with van der Waals surface area (Å²) in [6, 6.07) is 0. The van der Waals surface area contributed by atoms with Crippen LogP contribution in [0, 0.1) is 5.41 Å². The lowest BCUT2D eigenvalue weighted by atomic mass is 9.81. The van der Waals surface area contributed by atoms with Crippen LogP contribution in [-0.4, -0.2) is 69.0 Å². The molecular weight excluding hydrogens is 266 g/mol. The monoisotopic (exact) mass is 294 g/mol. The van der Waals surface area contributed by atoms with Gasteiger partial charge in [-0.3, -0.25) is 4.90 Å². The smallest absolute Gasteiger partial charge is 0.251 e. The number of aliphatic hydroxyl groups is 1. The van der Waals surface area contributed by atoms with Crippen LogP contribution in [0.15, 0.2) is 0 Å². The van der Waals surface area contributed by atoms with E-state index in [1.54, 1.807) is 4.90 Å². The van der Waals surface area contributed by atoms with Crippen molar-refractivity contribution in [3.8, 4) is 0 Å². The summed E-state index contributed by atoms with van der Waals surface area (Å²) >= 11 is 0. The van der Waals surface area contributed by atoms with Gasteiger partial charge < -0.3 is 15.2 Å². The van der Waals surface area contributed by atoms with E-state index in [0.717, 1.165) is 39.0 Å². The number of hydrogen-bond donors (Lipinski definition) is 2. The second kappa shape index (κ2) is 9.60. The molecule has 20 heavy (non-hydrogen) atoms. The Morgan fingerprint density at radius 1 is 1.45 bits per heavy atom. The first kappa shape index (κ1) is 17.8. The van der Waals surface area contributed by atoms with Gasteiger partial charge in [-0.1, -0.05) is 6.92 Å². The molecule has 1 aliphatic rings. The fraction of sp³-hybridized carbons (Fsp3) is 1.00. The van der Waals surface area contributed by atoms with E-state index in [-0.39, 0.29) is 18.6 Å². The minimum atomic E-state index is -2.37. The second-order valence-corrected chi connectivity index (χ2v) is 5.68. The molecule has 0 aromatic rings. The molecule has 120 valence electrons. The molecule has 1 fully saturated rings. The number of rotatable bonds is 10. The molecular formula is C14H28F2N2O2. The zero-order chi connectivity index (χ0) is 14.8. The third-order valence-electron chi connectivity index (χ3n) is 3.70. The predicted octanol–water partition coefficient (Wildman–Crippen LogP) is 1.34. The van der Waals surface area contributed by atoms with Gasteiger partial charge in [0.2, 0.25) is 0 Å². The first-order valence-corrected chi connectivity index (χ1v) is 7.52. The molecule has 1 rings (SSSR count).